The number of hydrogen-bond donors (Lipinski definition) is 0. The van der Waals surface area contributed by atoms with Crippen molar-refractivity contribution in [1.82, 2.24) is 25.1 Å². The lowest BCUT2D eigenvalue weighted by atomic mass is 10.1. The predicted molar refractivity (Wildman–Crippen MR) is 94.8 cm³/mol. The summed E-state index contributed by atoms with van der Waals surface area (Å²) in [4.78, 5) is 16.7. The quantitative estimate of drug-likeness (QED) is 0.744. The minimum Gasteiger partial charge on any atom is -0.334 e. The monoisotopic (exact) mass is 383 g/mol. The molecule has 0 radical (unpaired) electrons. The van der Waals surface area contributed by atoms with Gasteiger partial charge in [0.1, 0.15) is 6.54 Å². The third-order valence-corrected chi connectivity index (χ3v) is 7.04. The maximum atomic E-state index is 12.8. The number of thiophene rings is 1. The highest BCUT2D eigenvalue weighted by molar-refractivity contribution is 7.91. The Morgan fingerprint density at radius 3 is 2.92 bits per heavy atom. The zero-order chi connectivity index (χ0) is 18.0. The molecule has 0 N–H and O–H groups in total. The highest BCUT2D eigenvalue weighted by Crippen LogP contribution is 2.22. The number of hydrogen-bond acceptors (Lipinski definition) is 7. The lowest BCUT2D eigenvalue weighted by Crippen LogP contribution is -2.48. The van der Waals surface area contributed by atoms with Crippen LogP contribution in [0.2, 0.25) is 0 Å². The van der Waals surface area contributed by atoms with E-state index >= 15 is 0 Å². The molecule has 0 aromatic carbocycles. The molecule has 0 aliphatic carbocycles. The van der Waals surface area contributed by atoms with Crippen LogP contribution in [0.1, 0.15) is 26.7 Å². The Labute approximate surface area is 150 Å². The van der Waals surface area contributed by atoms with Crippen molar-refractivity contribution in [2.75, 3.05) is 11.5 Å². The predicted octanol–water partition coefficient (Wildman–Crippen LogP) is 1.22. The number of rotatable bonds is 6. The first-order chi connectivity index (χ1) is 11.9. The minimum absolute atomic E-state index is 0.0360. The molecule has 1 aliphatic heterocycles. The SMILES string of the molecule is CC[C@@H](C)N(C(=O)Cn1nnc(-c2cccs2)n1)[C@H]1CCS(=O)(=O)C1. The summed E-state index contributed by atoms with van der Waals surface area (Å²) in [6.07, 6.45) is 1.25. The van der Waals surface area contributed by atoms with Crippen molar-refractivity contribution >= 4 is 27.1 Å². The first-order valence-corrected chi connectivity index (χ1v) is 10.9. The molecule has 3 rings (SSSR count). The Morgan fingerprint density at radius 2 is 2.32 bits per heavy atom. The van der Waals surface area contributed by atoms with E-state index < -0.39 is 9.84 Å². The van der Waals surface area contributed by atoms with E-state index in [1.807, 2.05) is 31.4 Å². The van der Waals surface area contributed by atoms with E-state index in [1.54, 1.807) is 4.90 Å². The van der Waals surface area contributed by atoms with E-state index in [4.69, 9.17) is 0 Å². The molecule has 1 saturated heterocycles. The van der Waals surface area contributed by atoms with E-state index in [9.17, 15) is 13.2 Å². The summed E-state index contributed by atoms with van der Waals surface area (Å²) in [6, 6.07) is 3.48. The number of carbonyl (C=O) groups excluding carboxylic acids is 1. The second-order valence-electron chi connectivity index (χ2n) is 6.24. The first kappa shape index (κ1) is 18.0. The van der Waals surface area contributed by atoms with Gasteiger partial charge in [-0.1, -0.05) is 13.0 Å². The van der Waals surface area contributed by atoms with Crippen LogP contribution in [0.3, 0.4) is 0 Å². The van der Waals surface area contributed by atoms with Gasteiger partial charge in [-0.2, -0.15) is 4.80 Å². The van der Waals surface area contributed by atoms with Crippen LogP contribution in [0.5, 0.6) is 0 Å². The number of sulfone groups is 1. The van der Waals surface area contributed by atoms with Crippen molar-refractivity contribution in [3.8, 4) is 10.7 Å². The average molecular weight is 383 g/mol. The van der Waals surface area contributed by atoms with Crippen molar-refractivity contribution < 1.29 is 13.2 Å². The fraction of sp³-hybridized carbons (Fsp3) is 0.600. The smallest absolute Gasteiger partial charge is 0.246 e. The van der Waals surface area contributed by atoms with Crippen LogP contribution in [0.4, 0.5) is 0 Å². The highest BCUT2D eigenvalue weighted by Gasteiger charge is 2.36. The van der Waals surface area contributed by atoms with Gasteiger partial charge in [0, 0.05) is 12.1 Å². The van der Waals surface area contributed by atoms with Crippen molar-refractivity contribution in [2.45, 2.75) is 45.3 Å². The highest BCUT2D eigenvalue weighted by atomic mass is 32.2. The van der Waals surface area contributed by atoms with Gasteiger partial charge in [0.05, 0.1) is 16.4 Å². The zero-order valence-electron chi connectivity index (χ0n) is 14.2. The van der Waals surface area contributed by atoms with Crippen LogP contribution in [-0.2, 0) is 21.2 Å². The fourth-order valence-electron chi connectivity index (χ4n) is 3.02. The van der Waals surface area contributed by atoms with Crippen molar-refractivity contribution in [3.63, 3.8) is 0 Å². The van der Waals surface area contributed by atoms with Crippen molar-refractivity contribution in [2.24, 2.45) is 0 Å². The molecule has 0 saturated carbocycles. The molecule has 0 bridgehead atoms. The minimum atomic E-state index is -3.06. The largest absolute Gasteiger partial charge is 0.334 e. The maximum Gasteiger partial charge on any atom is 0.246 e. The fourth-order valence-corrected chi connectivity index (χ4v) is 5.38. The average Bonchev–Trinajstić information content (AvgIpc) is 3.28. The van der Waals surface area contributed by atoms with Crippen molar-refractivity contribution in [1.29, 1.82) is 0 Å². The summed E-state index contributed by atoms with van der Waals surface area (Å²) in [6.45, 7) is 3.88. The van der Waals surface area contributed by atoms with E-state index in [0.717, 1.165) is 11.3 Å². The maximum absolute atomic E-state index is 12.8. The summed E-state index contributed by atoms with van der Waals surface area (Å²) in [5, 5.41) is 14.1. The normalized spacial score (nSPS) is 20.5. The van der Waals surface area contributed by atoms with Gasteiger partial charge in [-0.3, -0.25) is 4.79 Å². The molecule has 0 unspecified atom stereocenters. The lowest BCUT2D eigenvalue weighted by molar-refractivity contribution is -0.136. The van der Waals surface area contributed by atoms with E-state index in [1.165, 1.54) is 16.1 Å². The summed E-state index contributed by atoms with van der Waals surface area (Å²) in [5.74, 6) is 0.490. The van der Waals surface area contributed by atoms with Crippen LogP contribution in [0.15, 0.2) is 17.5 Å². The second kappa shape index (κ2) is 7.20. The Balaban J connectivity index is 1.74. The molecule has 1 fully saturated rings. The van der Waals surface area contributed by atoms with Crippen LogP contribution < -0.4 is 0 Å². The lowest BCUT2D eigenvalue weighted by Gasteiger charge is -2.33. The van der Waals surface area contributed by atoms with Gasteiger partial charge in [-0.05, 0) is 36.4 Å². The number of nitrogens with zero attached hydrogens (tertiary/aromatic N) is 5. The van der Waals surface area contributed by atoms with Gasteiger partial charge < -0.3 is 4.90 Å². The molecular weight excluding hydrogens is 362 g/mol. The van der Waals surface area contributed by atoms with Crippen LogP contribution in [0.25, 0.3) is 10.7 Å². The topological polar surface area (TPSA) is 98.1 Å². The second-order valence-corrected chi connectivity index (χ2v) is 9.41. The van der Waals surface area contributed by atoms with Gasteiger partial charge in [0.15, 0.2) is 9.84 Å². The van der Waals surface area contributed by atoms with Gasteiger partial charge in [0.2, 0.25) is 11.7 Å². The third kappa shape index (κ3) is 4.06. The Hall–Kier alpha value is -1.81. The van der Waals surface area contributed by atoms with E-state index in [0.29, 0.717) is 12.2 Å². The van der Waals surface area contributed by atoms with Crippen LogP contribution in [-0.4, -0.2) is 63.0 Å². The number of amides is 1. The summed E-state index contributed by atoms with van der Waals surface area (Å²) in [7, 11) is -3.06. The molecule has 1 amide bonds. The Morgan fingerprint density at radius 1 is 1.52 bits per heavy atom. The third-order valence-electron chi connectivity index (χ3n) is 4.43. The van der Waals surface area contributed by atoms with Crippen molar-refractivity contribution in [3.05, 3.63) is 17.5 Å². The Bertz CT molecular complexity index is 831. The van der Waals surface area contributed by atoms with Crippen LogP contribution >= 0.6 is 11.3 Å². The van der Waals surface area contributed by atoms with Gasteiger partial charge in [0.25, 0.3) is 0 Å². The molecule has 3 heterocycles. The summed E-state index contributed by atoms with van der Waals surface area (Å²) >= 11 is 1.50. The molecule has 0 spiro atoms. The Kier molecular flexibility index (Phi) is 5.19. The summed E-state index contributed by atoms with van der Waals surface area (Å²) < 4.78 is 23.6. The summed E-state index contributed by atoms with van der Waals surface area (Å²) in [5.41, 5.74) is 0. The molecule has 1 aliphatic rings. The van der Waals surface area contributed by atoms with Crippen LogP contribution in [0, 0.1) is 0 Å². The van der Waals surface area contributed by atoms with Gasteiger partial charge in [-0.15, -0.1) is 21.5 Å². The molecule has 25 heavy (non-hydrogen) atoms. The van der Waals surface area contributed by atoms with Gasteiger partial charge in [-0.25, -0.2) is 8.42 Å². The molecule has 2 atom stereocenters. The molecule has 2 aromatic rings. The molecular formula is C15H21N5O3S2. The molecule has 10 heteroatoms. The molecule has 2 aromatic heterocycles. The molecule has 8 nitrogen and oxygen atoms in total. The molecule has 136 valence electrons. The van der Waals surface area contributed by atoms with E-state index in [-0.39, 0.29) is 36.0 Å². The number of tetrazole rings is 1. The zero-order valence-corrected chi connectivity index (χ0v) is 15.8. The van der Waals surface area contributed by atoms with Gasteiger partial charge >= 0.3 is 0 Å². The van der Waals surface area contributed by atoms with E-state index in [2.05, 4.69) is 15.4 Å². The first-order valence-electron chi connectivity index (χ1n) is 8.23. The standard InChI is InChI=1S/C15H21N5O3S2/c1-3-11(2)20(12-6-8-25(22,23)10-12)14(21)9-19-17-15(16-18-19)13-5-4-7-24-13/h4-5,7,11-12H,3,6,8-10H2,1-2H3/t11-,12+/m1/s1. The number of carbonyl (C=O) groups is 1. The number of aromatic nitrogens is 4.